The van der Waals surface area contributed by atoms with Crippen LogP contribution in [0, 0.1) is 11.6 Å². The first-order valence-electron chi connectivity index (χ1n) is 31.9. The van der Waals surface area contributed by atoms with Crippen LogP contribution in [0.4, 0.5) is 8.78 Å². The summed E-state index contributed by atoms with van der Waals surface area (Å²) in [6.07, 6.45) is 3.60. The van der Waals surface area contributed by atoms with Crippen molar-refractivity contribution in [1.82, 2.24) is 19.8 Å². The number of rotatable bonds is 24. The third-order valence-corrected chi connectivity index (χ3v) is 20.4. The molecule has 2 aromatic heterocycles. The Morgan fingerprint density at radius 3 is 1.26 bits per heavy atom. The Bertz CT molecular complexity index is 4570. The molecular weight excluding hydrogens is 1270 g/mol. The van der Waals surface area contributed by atoms with E-state index >= 15 is 0 Å². The third kappa shape index (κ3) is 15.0. The number of fused-ring (bicyclic) bond motifs is 4. The summed E-state index contributed by atoms with van der Waals surface area (Å²) in [6.45, 7) is 14.0. The SMILES string of the molecule is COc1ccc(CN2C(=O)c3c(c(O)c4ncc(Cc5ccc(F)cc5)cc4c3OCC[Si](C)(C)C)C2=O)c(OC)c1.COc1ccc(CN2C(=O)c3c(c(OC(c4ccccc4)c4ccccc4)c4ncc(Cc5ccc(F)cc5)cc4c3OCC[Si](C)(C)C)C2=O)c(OC)c1. The first-order valence-corrected chi connectivity index (χ1v) is 39.3. The van der Waals surface area contributed by atoms with Crippen molar-refractivity contribution in [2.45, 2.75) is 83.4 Å². The first kappa shape index (κ1) is 68.0. The number of pyridine rings is 2. The second-order valence-corrected chi connectivity index (χ2v) is 37.6. The van der Waals surface area contributed by atoms with Crippen LogP contribution < -0.4 is 33.2 Å². The van der Waals surface area contributed by atoms with Gasteiger partial charge in [-0.15, -0.1) is 0 Å². The molecule has 2 aliphatic heterocycles. The minimum atomic E-state index is -1.57. The first-order chi connectivity index (χ1) is 46.5. The number of hydrogen-bond acceptors (Lipinski definition) is 14. The molecule has 20 heteroatoms. The lowest BCUT2D eigenvalue weighted by Gasteiger charge is -2.24. The largest absolute Gasteiger partial charge is 0.505 e. The molecule has 2 aliphatic rings. The topological polar surface area (TPSA) is 185 Å². The van der Waals surface area contributed by atoms with E-state index < -0.39 is 45.9 Å². The normalized spacial score (nSPS) is 12.8. The fraction of sp³-hybridized carbons (Fsp3) is 0.247. The molecule has 0 fully saturated rings. The van der Waals surface area contributed by atoms with Crippen molar-refractivity contribution in [2.75, 3.05) is 41.7 Å². The number of methoxy groups -OCH3 is 4. The molecule has 0 unspecified atom stereocenters. The van der Waals surface area contributed by atoms with Crippen LogP contribution in [0.5, 0.6) is 46.0 Å². The number of aromatic hydroxyl groups is 1. The van der Waals surface area contributed by atoms with Crippen LogP contribution in [0.1, 0.15) is 92.0 Å². The average molecular weight is 1340 g/mol. The van der Waals surface area contributed by atoms with Gasteiger partial charge in [0, 0.05) is 62.6 Å². The molecule has 4 heterocycles. The van der Waals surface area contributed by atoms with Crippen LogP contribution in [0.25, 0.3) is 21.8 Å². The molecule has 0 spiro atoms. The number of carbonyl (C=O) groups is 4. The van der Waals surface area contributed by atoms with Gasteiger partial charge in [0.25, 0.3) is 23.6 Å². The fourth-order valence-corrected chi connectivity index (χ4v) is 13.2. The number of hydrogen-bond donors (Lipinski definition) is 1. The number of benzene rings is 8. The van der Waals surface area contributed by atoms with Crippen LogP contribution in [0.2, 0.25) is 51.4 Å². The second kappa shape index (κ2) is 28.9. The Kier molecular flexibility index (Phi) is 20.2. The average Bonchev–Trinajstić information content (AvgIpc) is 1.63. The van der Waals surface area contributed by atoms with E-state index in [1.54, 1.807) is 80.2 Å². The number of imide groups is 2. The molecule has 498 valence electrons. The molecule has 10 aromatic rings. The minimum absolute atomic E-state index is 0.0220. The van der Waals surface area contributed by atoms with E-state index in [4.69, 9.17) is 38.1 Å². The number of nitrogens with zero attached hydrogens (tertiary/aromatic N) is 4. The smallest absolute Gasteiger partial charge is 0.265 e. The fourth-order valence-electron chi connectivity index (χ4n) is 11.7. The van der Waals surface area contributed by atoms with Crippen molar-refractivity contribution < 1.29 is 66.2 Å². The van der Waals surface area contributed by atoms with Crippen molar-refractivity contribution in [3.63, 3.8) is 0 Å². The maximum absolute atomic E-state index is 14.8. The molecule has 16 nitrogen and oxygen atoms in total. The highest BCUT2D eigenvalue weighted by Crippen LogP contribution is 2.49. The Labute approximate surface area is 564 Å². The van der Waals surface area contributed by atoms with Crippen molar-refractivity contribution in [1.29, 1.82) is 0 Å². The monoisotopic (exact) mass is 1340 g/mol. The lowest BCUT2D eigenvalue weighted by molar-refractivity contribution is 0.0623. The van der Waals surface area contributed by atoms with Crippen molar-refractivity contribution >= 4 is 61.6 Å². The highest BCUT2D eigenvalue weighted by Gasteiger charge is 2.46. The Balaban J connectivity index is 0.000000204. The molecule has 8 aromatic carbocycles. The van der Waals surface area contributed by atoms with Gasteiger partial charge in [-0.1, -0.05) is 124 Å². The van der Waals surface area contributed by atoms with Crippen LogP contribution in [0.3, 0.4) is 0 Å². The Hall–Kier alpha value is -10.4. The lowest BCUT2D eigenvalue weighted by Crippen LogP contribution is -2.29. The van der Waals surface area contributed by atoms with E-state index in [1.807, 2.05) is 72.8 Å². The molecule has 97 heavy (non-hydrogen) atoms. The number of aromatic nitrogens is 2. The second-order valence-electron chi connectivity index (χ2n) is 26.3. The number of phenols is 1. The standard InChI is InChI=1S/C45H43FN2O6Si.C32H33FN2O6Si/c1-51-35-21-18-33(37(26-35)52-2)28-48-44(49)38-39(45(48)50)43(54-41(31-12-8-6-9-13-31)32-14-10-7-11-15-32)40-36(42(38)53-22-23-55(3,4)5)25-30(27-47-40)24-29-16-19-34(46)20-17-29;1-39-23-11-8-21(25(16-23)40-2)18-35-31(37)26-27(32(35)38)30(41-12-13-42(3,4)5)24-15-20(17-34-28(24)29(26)36)14-19-6-9-22(33)10-7-19/h6-21,25-27,41H,22-24,28H2,1-5H3;6-11,15-17,36H,12-14,18H2,1-5H3. The van der Waals surface area contributed by atoms with Gasteiger partial charge in [-0.05, 0) is 119 Å². The predicted octanol–water partition coefficient (Wildman–Crippen LogP) is 15.9. The molecule has 4 amide bonds. The van der Waals surface area contributed by atoms with E-state index in [0.717, 1.165) is 50.4 Å². The van der Waals surface area contributed by atoms with Gasteiger partial charge in [-0.2, -0.15) is 0 Å². The molecule has 0 radical (unpaired) electrons. The summed E-state index contributed by atoms with van der Waals surface area (Å²) in [5.74, 6) is -0.453. The zero-order valence-corrected chi connectivity index (χ0v) is 57.9. The zero-order chi connectivity index (χ0) is 68.9. The van der Waals surface area contributed by atoms with Crippen LogP contribution in [-0.2, 0) is 25.9 Å². The predicted molar refractivity (Wildman–Crippen MR) is 374 cm³/mol. The van der Waals surface area contributed by atoms with Crippen molar-refractivity contribution in [3.8, 4) is 46.0 Å². The summed E-state index contributed by atoms with van der Waals surface area (Å²) in [5.41, 5.74) is 6.99. The van der Waals surface area contributed by atoms with Gasteiger partial charge in [0.15, 0.2) is 11.5 Å². The van der Waals surface area contributed by atoms with Gasteiger partial charge in [0.05, 0.1) is 65.9 Å². The summed E-state index contributed by atoms with van der Waals surface area (Å²) in [7, 11) is 3.05. The maximum atomic E-state index is 14.8. The molecule has 0 saturated heterocycles. The van der Waals surface area contributed by atoms with Gasteiger partial charge in [0.2, 0.25) is 0 Å². The van der Waals surface area contributed by atoms with E-state index in [1.165, 1.54) is 50.5 Å². The molecule has 0 saturated carbocycles. The van der Waals surface area contributed by atoms with E-state index in [-0.39, 0.29) is 69.7 Å². The number of phenolic OH excluding ortho intramolecular Hbond substituents is 1. The summed E-state index contributed by atoms with van der Waals surface area (Å²) >= 11 is 0. The highest BCUT2D eigenvalue weighted by atomic mass is 28.3. The van der Waals surface area contributed by atoms with Gasteiger partial charge in [-0.25, -0.2) is 8.78 Å². The molecule has 0 aliphatic carbocycles. The highest BCUT2D eigenvalue weighted by molar-refractivity contribution is 6.76. The summed E-state index contributed by atoms with van der Waals surface area (Å²) in [4.78, 5) is 69.0. The molecule has 12 rings (SSSR count). The Morgan fingerprint density at radius 1 is 0.454 bits per heavy atom. The van der Waals surface area contributed by atoms with E-state index in [9.17, 15) is 33.1 Å². The number of carbonyl (C=O) groups excluding carboxylic acids is 4. The van der Waals surface area contributed by atoms with Crippen LogP contribution in [0.15, 0.2) is 170 Å². The quantitative estimate of drug-likeness (QED) is 0.0445. The lowest BCUT2D eigenvalue weighted by atomic mass is 9.98. The van der Waals surface area contributed by atoms with Gasteiger partial charge in [-0.3, -0.25) is 38.9 Å². The van der Waals surface area contributed by atoms with E-state index in [2.05, 4.69) is 44.3 Å². The van der Waals surface area contributed by atoms with Gasteiger partial charge < -0.3 is 38.3 Å². The third-order valence-electron chi connectivity index (χ3n) is 17.0. The number of ether oxygens (including phenoxy) is 7. The summed E-state index contributed by atoms with van der Waals surface area (Å²) < 4.78 is 69.0. The zero-order valence-electron chi connectivity index (χ0n) is 55.9. The van der Waals surface area contributed by atoms with Crippen molar-refractivity contribution in [3.05, 3.63) is 249 Å². The van der Waals surface area contributed by atoms with Crippen LogP contribution in [-0.4, -0.2) is 106 Å². The Morgan fingerprint density at radius 2 is 0.845 bits per heavy atom. The minimum Gasteiger partial charge on any atom is -0.505 e. The summed E-state index contributed by atoms with van der Waals surface area (Å²) in [6, 6.07) is 47.8. The van der Waals surface area contributed by atoms with Gasteiger partial charge >= 0.3 is 0 Å². The number of halogens is 2. The number of amides is 4. The molecular formula is C77H76F2N4O12Si2. The van der Waals surface area contributed by atoms with Crippen molar-refractivity contribution in [2.24, 2.45) is 0 Å². The molecule has 1 N–H and O–H groups in total. The van der Waals surface area contributed by atoms with Gasteiger partial charge in [0.1, 0.15) is 74.4 Å². The van der Waals surface area contributed by atoms with E-state index in [0.29, 0.717) is 82.2 Å². The maximum Gasteiger partial charge on any atom is 0.265 e. The molecule has 0 atom stereocenters. The molecule has 0 bridgehead atoms. The van der Waals surface area contributed by atoms with Crippen LogP contribution >= 0.6 is 0 Å². The summed E-state index contributed by atoms with van der Waals surface area (Å²) in [5, 5.41) is 12.3.